The van der Waals surface area contributed by atoms with Crippen molar-refractivity contribution in [2.24, 2.45) is 17.8 Å². The largest absolute Gasteiger partial charge is 0.338 e. The number of amides is 2. The highest BCUT2D eigenvalue weighted by Gasteiger charge is 2.51. The molecule has 4 heteroatoms. The summed E-state index contributed by atoms with van der Waals surface area (Å²) in [4.78, 5) is 12.3. The van der Waals surface area contributed by atoms with E-state index in [0.29, 0.717) is 6.54 Å². The van der Waals surface area contributed by atoms with E-state index in [1.54, 1.807) is 0 Å². The van der Waals surface area contributed by atoms with Crippen LogP contribution in [0.25, 0.3) is 0 Å². The second-order valence-corrected chi connectivity index (χ2v) is 8.40. The number of hydrogen-bond donors (Lipinski definition) is 2. The van der Waals surface area contributed by atoms with Crippen LogP contribution >= 0.6 is 11.6 Å². The number of urea groups is 1. The van der Waals surface area contributed by atoms with Crippen LogP contribution in [0.2, 0.25) is 5.02 Å². The number of carbonyl (C=O) groups is 1. The quantitative estimate of drug-likeness (QED) is 0.854. The molecule has 5 rings (SSSR count). The first-order chi connectivity index (χ1) is 11.1. The minimum absolute atomic E-state index is 0.00831. The molecule has 0 spiro atoms. The van der Waals surface area contributed by atoms with Gasteiger partial charge in [-0.05, 0) is 80.4 Å². The van der Waals surface area contributed by atoms with E-state index in [0.717, 1.165) is 34.8 Å². The summed E-state index contributed by atoms with van der Waals surface area (Å²) < 4.78 is 0. The number of nitrogens with one attached hydrogen (secondary N) is 2. The van der Waals surface area contributed by atoms with Gasteiger partial charge >= 0.3 is 6.03 Å². The van der Waals surface area contributed by atoms with Gasteiger partial charge in [-0.1, -0.05) is 23.7 Å². The summed E-state index contributed by atoms with van der Waals surface area (Å²) in [6, 6.07) is 7.84. The minimum Gasteiger partial charge on any atom is -0.338 e. The zero-order chi connectivity index (χ0) is 15.9. The van der Waals surface area contributed by atoms with Gasteiger partial charge in [-0.2, -0.15) is 0 Å². The first-order valence-electron chi connectivity index (χ1n) is 8.91. The summed E-state index contributed by atoms with van der Waals surface area (Å²) in [5.74, 6) is 2.56. The fourth-order valence-electron chi connectivity index (χ4n) is 5.56. The highest BCUT2D eigenvalue weighted by Crippen LogP contribution is 2.55. The Morgan fingerprint density at radius 3 is 2.39 bits per heavy atom. The molecule has 0 heterocycles. The molecule has 0 aromatic heterocycles. The molecule has 0 atom stereocenters. The first-order valence-corrected chi connectivity index (χ1v) is 9.28. The molecule has 2 amide bonds. The Balaban J connectivity index is 1.29. The van der Waals surface area contributed by atoms with Crippen LogP contribution in [0, 0.1) is 17.8 Å². The molecule has 1 aromatic carbocycles. The Hall–Kier alpha value is -1.22. The van der Waals surface area contributed by atoms with Crippen molar-refractivity contribution in [2.45, 2.75) is 50.5 Å². The summed E-state index contributed by atoms with van der Waals surface area (Å²) in [7, 11) is 0. The summed E-state index contributed by atoms with van der Waals surface area (Å²) in [5.41, 5.74) is 1.25. The van der Waals surface area contributed by atoms with Gasteiger partial charge in [0.1, 0.15) is 0 Å². The zero-order valence-corrected chi connectivity index (χ0v) is 14.2. The molecule has 3 nitrogen and oxygen atoms in total. The average molecular weight is 333 g/mol. The Labute approximate surface area is 143 Å². The first kappa shape index (κ1) is 15.3. The molecule has 0 unspecified atom stereocenters. The third kappa shape index (κ3) is 3.35. The second kappa shape index (κ2) is 6.01. The number of halogens is 1. The summed E-state index contributed by atoms with van der Waals surface area (Å²) in [5, 5.41) is 7.13. The van der Waals surface area contributed by atoms with Gasteiger partial charge in [0.15, 0.2) is 0 Å². The minimum atomic E-state index is 0.00831. The van der Waals surface area contributed by atoms with Gasteiger partial charge in [0, 0.05) is 17.1 Å². The number of carbonyl (C=O) groups excluding carboxylic acids is 1. The van der Waals surface area contributed by atoms with Gasteiger partial charge < -0.3 is 10.6 Å². The van der Waals surface area contributed by atoms with Crippen molar-refractivity contribution in [3.05, 3.63) is 34.9 Å². The maximum Gasteiger partial charge on any atom is 0.315 e. The number of benzene rings is 1. The normalized spacial score (nSPS) is 34.4. The molecule has 2 N–H and O–H groups in total. The van der Waals surface area contributed by atoms with Gasteiger partial charge in [0.25, 0.3) is 0 Å². The van der Waals surface area contributed by atoms with Crippen LogP contribution in [0.4, 0.5) is 4.79 Å². The zero-order valence-electron chi connectivity index (χ0n) is 13.5. The van der Waals surface area contributed by atoms with E-state index in [1.807, 2.05) is 24.3 Å². The molecule has 124 valence electrons. The monoisotopic (exact) mass is 332 g/mol. The Morgan fingerprint density at radius 1 is 1.13 bits per heavy atom. The van der Waals surface area contributed by atoms with Gasteiger partial charge in [-0.15, -0.1) is 0 Å². The van der Waals surface area contributed by atoms with E-state index >= 15 is 0 Å². The maximum absolute atomic E-state index is 12.3. The smallest absolute Gasteiger partial charge is 0.315 e. The van der Waals surface area contributed by atoms with Crippen LogP contribution in [0.1, 0.15) is 44.1 Å². The lowest BCUT2D eigenvalue weighted by molar-refractivity contribution is -0.0135. The average Bonchev–Trinajstić information content (AvgIpc) is 2.45. The van der Waals surface area contributed by atoms with Crippen molar-refractivity contribution < 1.29 is 4.79 Å². The predicted molar refractivity (Wildman–Crippen MR) is 92.6 cm³/mol. The fourth-order valence-corrected chi connectivity index (χ4v) is 5.77. The topological polar surface area (TPSA) is 41.1 Å². The molecular formula is C19H25ClN2O. The molecule has 23 heavy (non-hydrogen) atoms. The van der Waals surface area contributed by atoms with Gasteiger partial charge in [0.2, 0.25) is 0 Å². The second-order valence-electron chi connectivity index (χ2n) is 7.96. The molecule has 0 saturated heterocycles. The van der Waals surface area contributed by atoms with E-state index in [9.17, 15) is 4.79 Å². The van der Waals surface area contributed by atoms with Crippen LogP contribution < -0.4 is 10.6 Å². The van der Waals surface area contributed by atoms with Crippen molar-refractivity contribution in [1.29, 1.82) is 0 Å². The van der Waals surface area contributed by atoms with Crippen LogP contribution in [0.5, 0.6) is 0 Å². The molecule has 4 bridgehead atoms. The van der Waals surface area contributed by atoms with Crippen LogP contribution in [0.3, 0.4) is 0 Å². The van der Waals surface area contributed by atoms with Crippen molar-refractivity contribution in [1.82, 2.24) is 10.6 Å². The van der Waals surface area contributed by atoms with Crippen LogP contribution in [-0.2, 0) is 6.42 Å². The van der Waals surface area contributed by atoms with Gasteiger partial charge in [-0.3, -0.25) is 0 Å². The highest BCUT2D eigenvalue weighted by atomic mass is 35.5. The Bertz CT molecular complexity index is 566. The standard InChI is InChI=1S/C19H25ClN2O/c20-17-3-1-2-13(9-17)4-5-21-18(23)22-19-10-14-6-15(11-19)8-16(7-14)12-19/h1-3,9,14-16H,4-8,10-12H2,(H2,21,22,23). The third-order valence-electron chi connectivity index (χ3n) is 6.01. The van der Waals surface area contributed by atoms with E-state index < -0.39 is 0 Å². The summed E-state index contributed by atoms with van der Waals surface area (Å²) in [6.07, 6.45) is 8.60. The predicted octanol–water partition coefficient (Wildman–Crippen LogP) is 4.15. The van der Waals surface area contributed by atoms with Crippen molar-refractivity contribution in [3.8, 4) is 0 Å². The van der Waals surface area contributed by atoms with E-state index in [1.165, 1.54) is 38.5 Å². The highest BCUT2D eigenvalue weighted by molar-refractivity contribution is 6.30. The fraction of sp³-hybridized carbons (Fsp3) is 0.632. The van der Waals surface area contributed by atoms with Gasteiger partial charge in [-0.25, -0.2) is 4.79 Å². The Kier molecular flexibility index (Phi) is 4.00. The number of rotatable bonds is 4. The van der Waals surface area contributed by atoms with E-state index in [4.69, 9.17) is 11.6 Å². The third-order valence-corrected chi connectivity index (χ3v) is 6.24. The molecule has 4 aliphatic rings. The molecule has 4 aliphatic carbocycles. The Morgan fingerprint density at radius 2 is 1.78 bits per heavy atom. The van der Waals surface area contributed by atoms with E-state index in [2.05, 4.69) is 10.6 Å². The van der Waals surface area contributed by atoms with Gasteiger partial charge in [0.05, 0.1) is 0 Å². The van der Waals surface area contributed by atoms with Crippen LogP contribution in [0.15, 0.2) is 24.3 Å². The van der Waals surface area contributed by atoms with Crippen molar-refractivity contribution in [3.63, 3.8) is 0 Å². The molecule has 0 radical (unpaired) electrons. The lowest BCUT2D eigenvalue weighted by atomic mass is 9.53. The maximum atomic E-state index is 12.3. The molecular weight excluding hydrogens is 308 g/mol. The van der Waals surface area contributed by atoms with E-state index in [-0.39, 0.29) is 11.6 Å². The molecule has 0 aliphatic heterocycles. The molecule has 4 saturated carbocycles. The van der Waals surface area contributed by atoms with Crippen molar-refractivity contribution in [2.75, 3.05) is 6.54 Å². The molecule has 1 aromatic rings. The lowest BCUT2D eigenvalue weighted by Gasteiger charge is -2.56. The van der Waals surface area contributed by atoms with Crippen molar-refractivity contribution >= 4 is 17.6 Å². The molecule has 4 fully saturated rings. The summed E-state index contributed by atoms with van der Waals surface area (Å²) in [6.45, 7) is 0.651. The van der Waals surface area contributed by atoms with Crippen LogP contribution in [-0.4, -0.2) is 18.1 Å². The lowest BCUT2D eigenvalue weighted by Crippen LogP contribution is -2.61. The number of hydrogen-bond acceptors (Lipinski definition) is 1. The summed E-state index contributed by atoms with van der Waals surface area (Å²) >= 11 is 5.99. The SMILES string of the molecule is O=C(NCCc1cccc(Cl)c1)NC12CC3CC(CC(C3)C1)C2.